The van der Waals surface area contributed by atoms with Crippen LogP contribution in [-0.4, -0.2) is 77.4 Å². The summed E-state index contributed by atoms with van der Waals surface area (Å²) in [5.74, 6) is 2.44. The lowest BCUT2D eigenvalue weighted by Crippen LogP contribution is -2.37. The number of nitrogens with two attached hydrogens (primary N) is 1. The number of aromatic nitrogens is 4. The van der Waals surface area contributed by atoms with Gasteiger partial charge in [-0.3, -0.25) is 0 Å². The van der Waals surface area contributed by atoms with E-state index in [9.17, 15) is 0 Å². The van der Waals surface area contributed by atoms with Gasteiger partial charge in [0.2, 0.25) is 11.8 Å². The van der Waals surface area contributed by atoms with E-state index in [1.54, 1.807) is 18.5 Å². The van der Waals surface area contributed by atoms with Crippen LogP contribution in [-0.2, 0) is 4.74 Å². The van der Waals surface area contributed by atoms with E-state index in [0.717, 1.165) is 56.0 Å². The molecule has 10 nitrogen and oxygen atoms in total. The van der Waals surface area contributed by atoms with Crippen LogP contribution in [0.25, 0.3) is 11.3 Å². The summed E-state index contributed by atoms with van der Waals surface area (Å²) in [7, 11) is 2.14. The molecule has 3 aromatic heterocycles. The molecule has 2 fully saturated rings. The van der Waals surface area contributed by atoms with Crippen molar-refractivity contribution in [3.8, 4) is 17.1 Å². The lowest BCUT2D eigenvalue weighted by molar-refractivity contribution is 0.110. The molecule has 0 saturated carbocycles. The van der Waals surface area contributed by atoms with Crippen LogP contribution in [0.2, 0.25) is 0 Å². The Kier molecular flexibility index (Phi) is 6.68. The molecule has 3 N–H and O–H groups in total. The van der Waals surface area contributed by atoms with E-state index in [1.807, 2.05) is 24.3 Å². The predicted octanol–water partition coefficient (Wildman–Crippen LogP) is 2.57. The second kappa shape index (κ2) is 10.2. The number of ether oxygens (including phenoxy) is 2. The van der Waals surface area contributed by atoms with Gasteiger partial charge in [0.25, 0.3) is 0 Å². The third kappa shape index (κ3) is 5.52. The maximum atomic E-state index is 6.07. The first-order chi connectivity index (χ1) is 16.6. The van der Waals surface area contributed by atoms with E-state index in [-0.39, 0.29) is 6.10 Å². The fraction of sp³-hybridized carbons (Fsp3) is 0.417. The van der Waals surface area contributed by atoms with Gasteiger partial charge in [-0.1, -0.05) is 0 Å². The maximum Gasteiger partial charge on any atom is 0.228 e. The molecule has 10 heteroatoms. The number of nitrogen functional groups attached to an aromatic ring is 1. The molecule has 0 spiro atoms. The Balaban J connectivity index is 1.34. The molecule has 3 aromatic rings. The van der Waals surface area contributed by atoms with Crippen LogP contribution in [0.4, 0.5) is 23.3 Å². The molecule has 0 radical (unpaired) electrons. The lowest BCUT2D eigenvalue weighted by atomic mass is 10.1. The zero-order valence-corrected chi connectivity index (χ0v) is 19.4. The van der Waals surface area contributed by atoms with E-state index in [4.69, 9.17) is 25.2 Å². The zero-order chi connectivity index (χ0) is 23.3. The van der Waals surface area contributed by atoms with Crippen molar-refractivity contribution in [1.82, 2.24) is 24.8 Å². The standard InChI is InChI=1S/C24H30N8O2/c1-31-8-6-19(7-9-31)34-23-5-3-18(16-27-23)28-22-14-20(17-2-4-21(25)26-15-17)29-24(30-22)32-10-12-33-13-11-32/h2-5,14-16,19H,6-13H2,1H3,(H2,25,26)(H,28,29,30). The first-order valence-electron chi connectivity index (χ1n) is 11.6. The Hall–Kier alpha value is -3.50. The van der Waals surface area contributed by atoms with E-state index in [2.05, 4.69) is 32.1 Å². The summed E-state index contributed by atoms with van der Waals surface area (Å²) in [6.07, 6.45) is 5.75. The van der Waals surface area contributed by atoms with Crippen LogP contribution in [0.5, 0.6) is 5.88 Å². The highest BCUT2D eigenvalue weighted by molar-refractivity contribution is 5.67. The summed E-state index contributed by atoms with van der Waals surface area (Å²) in [6, 6.07) is 9.44. The third-order valence-electron chi connectivity index (χ3n) is 6.05. The predicted molar refractivity (Wildman–Crippen MR) is 131 cm³/mol. The molecule has 178 valence electrons. The van der Waals surface area contributed by atoms with Gasteiger partial charge >= 0.3 is 0 Å². The van der Waals surface area contributed by atoms with Crippen LogP contribution in [0.1, 0.15) is 12.8 Å². The highest BCUT2D eigenvalue weighted by Gasteiger charge is 2.19. The second-order valence-electron chi connectivity index (χ2n) is 8.64. The normalized spacial score (nSPS) is 17.5. The van der Waals surface area contributed by atoms with Gasteiger partial charge < -0.3 is 30.3 Å². The van der Waals surface area contributed by atoms with Crippen molar-refractivity contribution >= 4 is 23.3 Å². The maximum absolute atomic E-state index is 6.07. The highest BCUT2D eigenvalue weighted by Crippen LogP contribution is 2.26. The molecule has 2 saturated heterocycles. The Morgan fingerprint density at radius 3 is 2.53 bits per heavy atom. The molecule has 0 unspecified atom stereocenters. The molecule has 2 aliphatic heterocycles. The summed E-state index contributed by atoms with van der Waals surface area (Å²) < 4.78 is 11.6. The van der Waals surface area contributed by atoms with Gasteiger partial charge in [-0.2, -0.15) is 4.98 Å². The molecule has 2 aliphatic rings. The average Bonchev–Trinajstić information content (AvgIpc) is 2.87. The van der Waals surface area contributed by atoms with E-state index < -0.39 is 0 Å². The number of hydrogen-bond acceptors (Lipinski definition) is 10. The summed E-state index contributed by atoms with van der Waals surface area (Å²) in [4.78, 5) is 22.7. The molecule has 34 heavy (non-hydrogen) atoms. The lowest BCUT2D eigenvalue weighted by Gasteiger charge is -2.28. The molecular formula is C24H30N8O2. The van der Waals surface area contributed by atoms with Gasteiger partial charge in [-0.05, 0) is 38.1 Å². The van der Waals surface area contributed by atoms with Crippen LogP contribution < -0.4 is 20.7 Å². The van der Waals surface area contributed by atoms with Crippen molar-refractivity contribution in [2.45, 2.75) is 18.9 Å². The zero-order valence-electron chi connectivity index (χ0n) is 19.4. The minimum atomic E-state index is 0.219. The Morgan fingerprint density at radius 1 is 1.00 bits per heavy atom. The highest BCUT2D eigenvalue weighted by atomic mass is 16.5. The number of piperidine rings is 1. The van der Waals surface area contributed by atoms with E-state index >= 15 is 0 Å². The first-order valence-corrected chi connectivity index (χ1v) is 11.6. The number of anilines is 4. The Labute approximate surface area is 199 Å². The third-order valence-corrected chi connectivity index (χ3v) is 6.05. The van der Waals surface area contributed by atoms with Crippen LogP contribution >= 0.6 is 0 Å². The molecule has 0 atom stereocenters. The Bertz CT molecular complexity index is 1080. The molecule has 5 rings (SSSR count). The van der Waals surface area contributed by atoms with Gasteiger partial charge in [0.05, 0.1) is 30.8 Å². The van der Waals surface area contributed by atoms with Crippen molar-refractivity contribution in [3.05, 3.63) is 42.7 Å². The van der Waals surface area contributed by atoms with Gasteiger partial charge in [0.15, 0.2) is 0 Å². The van der Waals surface area contributed by atoms with Crippen molar-refractivity contribution in [2.75, 3.05) is 62.4 Å². The van der Waals surface area contributed by atoms with Gasteiger partial charge in [0, 0.05) is 50.1 Å². The average molecular weight is 463 g/mol. The van der Waals surface area contributed by atoms with Crippen LogP contribution in [0.15, 0.2) is 42.7 Å². The molecule has 0 bridgehead atoms. The molecule has 0 amide bonds. The second-order valence-corrected chi connectivity index (χ2v) is 8.64. The molecule has 0 aromatic carbocycles. The number of hydrogen-bond donors (Lipinski definition) is 2. The number of nitrogens with one attached hydrogen (secondary N) is 1. The van der Waals surface area contributed by atoms with Crippen LogP contribution in [0.3, 0.4) is 0 Å². The number of nitrogens with zero attached hydrogens (tertiary/aromatic N) is 6. The van der Waals surface area contributed by atoms with Crippen molar-refractivity contribution in [3.63, 3.8) is 0 Å². The van der Waals surface area contributed by atoms with E-state index in [0.29, 0.717) is 36.7 Å². The largest absolute Gasteiger partial charge is 0.474 e. The van der Waals surface area contributed by atoms with Gasteiger partial charge in [-0.25, -0.2) is 15.0 Å². The minimum absolute atomic E-state index is 0.219. The summed E-state index contributed by atoms with van der Waals surface area (Å²) in [6.45, 7) is 4.90. The fourth-order valence-electron chi connectivity index (χ4n) is 4.05. The van der Waals surface area contributed by atoms with Crippen molar-refractivity contribution < 1.29 is 9.47 Å². The van der Waals surface area contributed by atoms with Crippen LogP contribution in [0, 0.1) is 0 Å². The fourth-order valence-corrected chi connectivity index (χ4v) is 4.05. The van der Waals surface area contributed by atoms with Crippen molar-refractivity contribution in [1.29, 1.82) is 0 Å². The SMILES string of the molecule is CN1CCC(Oc2ccc(Nc3cc(-c4ccc(N)nc4)nc(N4CCOCC4)n3)cn2)CC1. The molecule has 0 aliphatic carbocycles. The van der Waals surface area contributed by atoms with Gasteiger partial charge in [0.1, 0.15) is 17.7 Å². The quantitative estimate of drug-likeness (QED) is 0.566. The summed E-state index contributed by atoms with van der Waals surface area (Å²) >= 11 is 0. The topological polar surface area (TPSA) is 115 Å². The smallest absolute Gasteiger partial charge is 0.228 e. The Morgan fingerprint density at radius 2 is 1.82 bits per heavy atom. The van der Waals surface area contributed by atoms with E-state index in [1.165, 1.54) is 0 Å². The van der Waals surface area contributed by atoms with Crippen molar-refractivity contribution in [2.24, 2.45) is 0 Å². The number of likely N-dealkylation sites (tertiary alicyclic amines) is 1. The number of rotatable bonds is 6. The minimum Gasteiger partial charge on any atom is -0.474 e. The summed E-state index contributed by atoms with van der Waals surface area (Å²) in [5.41, 5.74) is 8.22. The number of morpholine rings is 1. The first kappa shape index (κ1) is 22.3. The summed E-state index contributed by atoms with van der Waals surface area (Å²) in [5, 5.41) is 3.36. The van der Waals surface area contributed by atoms with Gasteiger partial charge in [-0.15, -0.1) is 0 Å². The monoisotopic (exact) mass is 462 g/mol. The molecule has 5 heterocycles. The molecular weight excluding hydrogens is 432 g/mol. The number of pyridine rings is 2.